The standard InChI is InChI=1S/C12H20N2O3S/c1-18(16,17)14-8-2-7-13-9-11-3-5-12(10-15)6-4-11/h3-6,13-15H,2,7-10H2,1H3. The molecule has 1 aromatic carbocycles. The first-order chi connectivity index (χ1) is 8.51. The molecule has 0 saturated heterocycles. The van der Waals surface area contributed by atoms with E-state index in [2.05, 4.69) is 10.0 Å². The largest absolute Gasteiger partial charge is 0.392 e. The normalized spacial score (nSPS) is 11.7. The quantitative estimate of drug-likeness (QED) is 0.591. The van der Waals surface area contributed by atoms with E-state index < -0.39 is 10.0 Å². The molecule has 6 heteroatoms. The van der Waals surface area contributed by atoms with Gasteiger partial charge in [0.2, 0.25) is 10.0 Å². The predicted octanol–water partition coefficient (Wildman–Crippen LogP) is 0.208. The molecule has 0 amide bonds. The number of aliphatic hydroxyl groups is 1. The molecular formula is C12H20N2O3S. The molecule has 0 saturated carbocycles. The summed E-state index contributed by atoms with van der Waals surface area (Å²) in [5, 5.41) is 12.1. The molecule has 0 aliphatic carbocycles. The molecule has 0 unspecified atom stereocenters. The summed E-state index contributed by atoms with van der Waals surface area (Å²) >= 11 is 0. The number of benzene rings is 1. The van der Waals surface area contributed by atoms with E-state index in [-0.39, 0.29) is 6.61 Å². The number of nitrogens with one attached hydrogen (secondary N) is 2. The van der Waals surface area contributed by atoms with E-state index in [0.717, 1.165) is 36.9 Å². The fourth-order valence-electron chi connectivity index (χ4n) is 1.47. The third kappa shape index (κ3) is 6.70. The minimum Gasteiger partial charge on any atom is -0.392 e. The summed E-state index contributed by atoms with van der Waals surface area (Å²) in [6, 6.07) is 7.71. The van der Waals surface area contributed by atoms with Crippen molar-refractivity contribution in [2.45, 2.75) is 19.6 Å². The molecule has 0 spiro atoms. The topological polar surface area (TPSA) is 78.4 Å². The lowest BCUT2D eigenvalue weighted by Crippen LogP contribution is -2.26. The Morgan fingerprint density at radius 3 is 2.28 bits per heavy atom. The first kappa shape index (κ1) is 15.1. The molecule has 0 aliphatic rings. The molecule has 0 aromatic heterocycles. The van der Waals surface area contributed by atoms with Crippen molar-refractivity contribution in [3.05, 3.63) is 35.4 Å². The van der Waals surface area contributed by atoms with Gasteiger partial charge in [0, 0.05) is 13.1 Å². The van der Waals surface area contributed by atoms with E-state index >= 15 is 0 Å². The zero-order chi connectivity index (χ0) is 13.4. The van der Waals surface area contributed by atoms with E-state index in [1.54, 1.807) is 0 Å². The SMILES string of the molecule is CS(=O)(=O)NCCCNCc1ccc(CO)cc1. The van der Waals surface area contributed by atoms with Gasteiger partial charge >= 0.3 is 0 Å². The lowest BCUT2D eigenvalue weighted by atomic mass is 10.1. The number of aliphatic hydroxyl groups excluding tert-OH is 1. The van der Waals surface area contributed by atoms with Crippen molar-refractivity contribution in [3.8, 4) is 0 Å². The average Bonchev–Trinajstić information content (AvgIpc) is 2.33. The fourth-order valence-corrected chi connectivity index (χ4v) is 1.98. The minimum atomic E-state index is -3.07. The van der Waals surface area contributed by atoms with Crippen LogP contribution in [0.2, 0.25) is 0 Å². The highest BCUT2D eigenvalue weighted by Crippen LogP contribution is 2.03. The Labute approximate surface area is 108 Å². The van der Waals surface area contributed by atoms with Crippen molar-refractivity contribution in [1.29, 1.82) is 0 Å². The monoisotopic (exact) mass is 272 g/mol. The summed E-state index contributed by atoms with van der Waals surface area (Å²) in [6.07, 6.45) is 1.91. The van der Waals surface area contributed by atoms with E-state index in [4.69, 9.17) is 5.11 Å². The van der Waals surface area contributed by atoms with Crippen LogP contribution in [0.25, 0.3) is 0 Å². The Hall–Kier alpha value is -0.950. The molecule has 0 bridgehead atoms. The Bertz CT molecular complexity index is 443. The highest BCUT2D eigenvalue weighted by molar-refractivity contribution is 7.88. The molecule has 0 radical (unpaired) electrons. The maximum Gasteiger partial charge on any atom is 0.208 e. The molecular weight excluding hydrogens is 252 g/mol. The zero-order valence-electron chi connectivity index (χ0n) is 10.5. The first-order valence-electron chi connectivity index (χ1n) is 5.85. The van der Waals surface area contributed by atoms with Crippen molar-refractivity contribution in [3.63, 3.8) is 0 Å². The second kappa shape index (κ2) is 7.48. The van der Waals surface area contributed by atoms with Gasteiger partial charge in [-0.2, -0.15) is 0 Å². The Kier molecular flexibility index (Phi) is 6.28. The van der Waals surface area contributed by atoms with Gasteiger partial charge in [0.05, 0.1) is 12.9 Å². The van der Waals surface area contributed by atoms with E-state index in [9.17, 15) is 8.42 Å². The third-order valence-electron chi connectivity index (χ3n) is 2.43. The molecule has 0 aliphatic heterocycles. The third-order valence-corrected chi connectivity index (χ3v) is 3.16. The Morgan fingerprint density at radius 1 is 1.11 bits per heavy atom. The van der Waals surface area contributed by atoms with Gasteiger partial charge in [-0.05, 0) is 24.1 Å². The van der Waals surface area contributed by atoms with Crippen LogP contribution in [0.1, 0.15) is 17.5 Å². The summed E-state index contributed by atoms with van der Waals surface area (Å²) in [4.78, 5) is 0. The van der Waals surface area contributed by atoms with E-state index in [1.165, 1.54) is 0 Å². The average molecular weight is 272 g/mol. The number of sulfonamides is 1. The summed E-state index contributed by atoms with van der Waals surface area (Å²) in [7, 11) is -3.07. The molecule has 5 nitrogen and oxygen atoms in total. The number of hydrogen-bond acceptors (Lipinski definition) is 4. The van der Waals surface area contributed by atoms with Crippen molar-refractivity contribution < 1.29 is 13.5 Å². The summed E-state index contributed by atoms with van der Waals surface area (Å²) < 4.78 is 24.0. The summed E-state index contributed by atoms with van der Waals surface area (Å²) in [5.41, 5.74) is 2.04. The van der Waals surface area contributed by atoms with E-state index in [0.29, 0.717) is 6.54 Å². The fraction of sp³-hybridized carbons (Fsp3) is 0.500. The van der Waals surface area contributed by atoms with Gasteiger partial charge in [-0.25, -0.2) is 13.1 Å². The van der Waals surface area contributed by atoms with Gasteiger partial charge in [-0.15, -0.1) is 0 Å². The van der Waals surface area contributed by atoms with Gasteiger partial charge in [0.1, 0.15) is 0 Å². The molecule has 102 valence electrons. The Balaban J connectivity index is 2.14. The van der Waals surface area contributed by atoms with Gasteiger partial charge in [-0.3, -0.25) is 0 Å². The van der Waals surface area contributed by atoms with Gasteiger partial charge < -0.3 is 10.4 Å². The predicted molar refractivity (Wildman–Crippen MR) is 71.5 cm³/mol. The van der Waals surface area contributed by atoms with Crippen molar-refractivity contribution >= 4 is 10.0 Å². The van der Waals surface area contributed by atoms with Gasteiger partial charge in [0.15, 0.2) is 0 Å². The summed E-state index contributed by atoms with van der Waals surface area (Å²) in [6.45, 7) is 2.01. The molecule has 3 N–H and O–H groups in total. The van der Waals surface area contributed by atoms with Crippen LogP contribution in [0.15, 0.2) is 24.3 Å². The smallest absolute Gasteiger partial charge is 0.208 e. The van der Waals surface area contributed by atoms with Crippen molar-refractivity contribution in [2.75, 3.05) is 19.3 Å². The Morgan fingerprint density at radius 2 is 1.72 bits per heavy atom. The zero-order valence-corrected chi connectivity index (χ0v) is 11.3. The van der Waals surface area contributed by atoms with Crippen LogP contribution < -0.4 is 10.0 Å². The van der Waals surface area contributed by atoms with Gasteiger partial charge in [-0.1, -0.05) is 24.3 Å². The van der Waals surface area contributed by atoms with Crippen LogP contribution in [0, 0.1) is 0 Å². The number of rotatable bonds is 8. The summed E-state index contributed by atoms with van der Waals surface area (Å²) in [5.74, 6) is 0. The minimum absolute atomic E-state index is 0.0604. The van der Waals surface area contributed by atoms with Crippen LogP contribution in [0.5, 0.6) is 0 Å². The highest BCUT2D eigenvalue weighted by atomic mass is 32.2. The maximum absolute atomic E-state index is 10.8. The second-order valence-corrected chi connectivity index (χ2v) is 6.00. The van der Waals surface area contributed by atoms with E-state index in [1.807, 2.05) is 24.3 Å². The lowest BCUT2D eigenvalue weighted by molar-refractivity contribution is 0.282. The second-order valence-electron chi connectivity index (χ2n) is 4.17. The van der Waals surface area contributed by atoms with Crippen LogP contribution in [-0.4, -0.2) is 32.9 Å². The van der Waals surface area contributed by atoms with Crippen molar-refractivity contribution in [1.82, 2.24) is 10.0 Å². The lowest BCUT2D eigenvalue weighted by Gasteiger charge is -2.06. The molecule has 1 aromatic rings. The van der Waals surface area contributed by atoms with Crippen LogP contribution in [-0.2, 0) is 23.2 Å². The van der Waals surface area contributed by atoms with Crippen LogP contribution in [0.3, 0.4) is 0 Å². The molecule has 0 heterocycles. The molecule has 0 fully saturated rings. The molecule has 18 heavy (non-hydrogen) atoms. The van der Waals surface area contributed by atoms with Gasteiger partial charge in [0.25, 0.3) is 0 Å². The first-order valence-corrected chi connectivity index (χ1v) is 7.74. The molecule has 1 rings (SSSR count). The maximum atomic E-state index is 10.8. The van der Waals surface area contributed by atoms with Crippen LogP contribution >= 0.6 is 0 Å². The van der Waals surface area contributed by atoms with Crippen molar-refractivity contribution in [2.24, 2.45) is 0 Å². The molecule has 0 atom stereocenters. The highest BCUT2D eigenvalue weighted by Gasteiger charge is 1.98. The van der Waals surface area contributed by atoms with Crippen LogP contribution in [0.4, 0.5) is 0 Å². The number of hydrogen-bond donors (Lipinski definition) is 3.